The van der Waals surface area contributed by atoms with Crippen molar-refractivity contribution in [2.45, 2.75) is 13.0 Å². The molecule has 1 amide bonds. The summed E-state index contributed by atoms with van der Waals surface area (Å²) < 4.78 is 5.45. The van der Waals surface area contributed by atoms with Gasteiger partial charge in [-0.05, 0) is 25.1 Å². The van der Waals surface area contributed by atoms with Crippen LogP contribution in [-0.4, -0.2) is 30.1 Å². The molecule has 3 N–H and O–H groups in total. The fourth-order valence-corrected chi connectivity index (χ4v) is 1.73. The summed E-state index contributed by atoms with van der Waals surface area (Å²) in [7, 11) is 1.66. The van der Waals surface area contributed by atoms with E-state index in [1.54, 1.807) is 32.2 Å². The van der Waals surface area contributed by atoms with Crippen LogP contribution in [0.1, 0.15) is 12.5 Å². The monoisotopic (exact) mass is 235 g/mol. The van der Waals surface area contributed by atoms with E-state index >= 15 is 0 Å². The maximum atomic E-state index is 11.7. The van der Waals surface area contributed by atoms with Gasteiger partial charge in [-0.2, -0.15) is 0 Å². The second kappa shape index (κ2) is 3.97. The minimum atomic E-state index is -0.498. The Hall–Kier alpha value is -2.24. The molecular weight excluding hydrogens is 222 g/mol. The maximum absolute atomic E-state index is 11.7. The van der Waals surface area contributed by atoms with E-state index in [4.69, 9.17) is 15.7 Å². The van der Waals surface area contributed by atoms with E-state index < -0.39 is 6.10 Å². The second-order valence-electron chi connectivity index (χ2n) is 3.83. The summed E-state index contributed by atoms with van der Waals surface area (Å²) in [6.45, 7) is 1.69. The van der Waals surface area contributed by atoms with Crippen molar-refractivity contribution in [2.75, 3.05) is 11.9 Å². The minimum Gasteiger partial charge on any atom is -0.479 e. The zero-order chi connectivity index (χ0) is 12.6. The number of rotatable bonds is 1. The maximum Gasteiger partial charge on any atom is 0.267 e. The number of hydrogen-bond acceptors (Lipinski definition) is 4. The molecule has 0 saturated carbocycles. The number of carbonyl (C=O) groups excluding carboxylic acids is 1. The number of likely N-dealkylation sites (N-methyl/N-ethyl adjacent to an activating group) is 1. The van der Waals surface area contributed by atoms with Crippen LogP contribution < -0.4 is 15.4 Å². The van der Waals surface area contributed by atoms with Crippen molar-refractivity contribution in [3.63, 3.8) is 0 Å². The van der Waals surface area contributed by atoms with Crippen LogP contribution in [0.2, 0.25) is 0 Å². The van der Waals surface area contributed by atoms with Crippen molar-refractivity contribution in [3.05, 3.63) is 23.8 Å². The lowest BCUT2D eigenvalue weighted by molar-refractivity contribution is -0.125. The lowest BCUT2D eigenvalue weighted by Gasteiger charge is -2.30. The van der Waals surface area contributed by atoms with Gasteiger partial charge < -0.3 is 20.6 Å². The third-order valence-corrected chi connectivity index (χ3v) is 2.71. The number of fused-ring (bicyclic) bond motifs is 1. The summed E-state index contributed by atoms with van der Waals surface area (Å²) >= 11 is 0. The molecule has 90 valence electrons. The van der Waals surface area contributed by atoms with Gasteiger partial charge in [0.05, 0.1) is 5.69 Å². The molecule has 6 heteroatoms. The first-order chi connectivity index (χ1) is 8.04. The minimum absolute atomic E-state index is 0.00716. The Kier molecular flexibility index (Phi) is 2.63. The van der Waals surface area contributed by atoms with Crippen LogP contribution in [0.15, 0.2) is 23.4 Å². The number of amides is 1. The zero-order valence-electron chi connectivity index (χ0n) is 9.54. The molecule has 1 heterocycles. The number of oxime groups is 1. The molecule has 0 aromatic heterocycles. The highest BCUT2D eigenvalue weighted by atomic mass is 16.5. The second-order valence-corrected chi connectivity index (χ2v) is 3.83. The summed E-state index contributed by atoms with van der Waals surface area (Å²) in [6.07, 6.45) is -0.498. The number of anilines is 1. The molecule has 1 unspecified atom stereocenters. The molecule has 0 aliphatic carbocycles. The summed E-state index contributed by atoms with van der Waals surface area (Å²) in [5.41, 5.74) is 6.63. The van der Waals surface area contributed by atoms with Crippen molar-refractivity contribution >= 4 is 17.4 Å². The van der Waals surface area contributed by atoms with Crippen molar-refractivity contribution in [1.82, 2.24) is 0 Å². The number of nitrogens with zero attached hydrogens (tertiary/aromatic N) is 2. The van der Waals surface area contributed by atoms with E-state index in [1.807, 2.05) is 0 Å². The van der Waals surface area contributed by atoms with Gasteiger partial charge in [0.2, 0.25) is 0 Å². The van der Waals surface area contributed by atoms with E-state index in [0.29, 0.717) is 17.0 Å². The number of benzene rings is 1. The Balaban J connectivity index is 2.49. The summed E-state index contributed by atoms with van der Waals surface area (Å²) in [4.78, 5) is 13.2. The van der Waals surface area contributed by atoms with Crippen LogP contribution >= 0.6 is 0 Å². The number of hydrogen-bond donors (Lipinski definition) is 2. The number of nitrogens with two attached hydrogens (primary N) is 1. The quantitative estimate of drug-likeness (QED) is 0.321. The molecule has 1 aliphatic heterocycles. The van der Waals surface area contributed by atoms with Crippen molar-refractivity contribution in [3.8, 4) is 5.75 Å². The molecule has 0 fully saturated rings. The summed E-state index contributed by atoms with van der Waals surface area (Å²) in [6, 6.07) is 5.01. The van der Waals surface area contributed by atoms with Crippen LogP contribution in [0.4, 0.5) is 5.69 Å². The van der Waals surface area contributed by atoms with Crippen molar-refractivity contribution in [1.29, 1.82) is 0 Å². The fourth-order valence-electron chi connectivity index (χ4n) is 1.73. The summed E-state index contributed by atoms with van der Waals surface area (Å²) in [5.74, 6) is 0.468. The molecule has 0 saturated heterocycles. The Labute approximate surface area is 98.3 Å². The van der Waals surface area contributed by atoms with Gasteiger partial charge in [0.25, 0.3) is 5.91 Å². The number of ether oxygens (including phenoxy) is 1. The lowest BCUT2D eigenvalue weighted by atomic mass is 10.1. The molecule has 1 atom stereocenters. The molecule has 0 radical (unpaired) electrons. The highest BCUT2D eigenvalue weighted by molar-refractivity contribution is 6.03. The largest absolute Gasteiger partial charge is 0.479 e. The third kappa shape index (κ3) is 1.77. The molecule has 0 bridgehead atoms. The first kappa shape index (κ1) is 11.3. The fraction of sp³-hybridized carbons (Fsp3) is 0.273. The molecule has 1 aromatic rings. The van der Waals surface area contributed by atoms with Crippen LogP contribution in [0.25, 0.3) is 0 Å². The van der Waals surface area contributed by atoms with Gasteiger partial charge in [-0.25, -0.2) is 0 Å². The van der Waals surface area contributed by atoms with Gasteiger partial charge in [-0.3, -0.25) is 4.79 Å². The topological polar surface area (TPSA) is 88.2 Å². The molecule has 1 aromatic carbocycles. The SMILES string of the molecule is CC1Oc2ccc(/C(N)=N/O)cc2N(C)C1=O. The molecule has 0 spiro atoms. The zero-order valence-corrected chi connectivity index (χ0v) is 9.54. The van der Waals surface area contributed by atoms with Gasteiger partial charge in [-0.1, -0.05) is 5.16 Å². The number of amidine groups is 1. The Morgan fingerprint density at radius 1 is 1.59 bits per heavy atom. The standard InChI is InChI=1S/C11H13N3O3/c1-6-11(15)14(2)8-5-7(10(12)13-16)3-4-9(8)17-6/h3-6,16H,1-2H3,(H2,12,13). The van der Waals surface area contributed by atoms with Crippen LogP contribution in [0.5, 0.6) is 5.75 Å². The summed E-state index contributed by atoms with van der Waals surface area (Å²) in [5, 5.41) is 11.5. The molecule has 6 nitrogen and oxygen atoms in total. The molecule has 2 rings (SSSR count). The van der Waals surface area contributed by atoms with Gasteiger partial charge >= 0.3 is 0 Å². The van der Waals surface area contributed by atoms with E-state index in [9.17, 15) is 4.79 Å². The average molecular weight is 235 g/mol. The van der Waals surface area contributed by atoms with Crippen LogP contribution in [0, 0.1) is 0 Å². The highest BCUT2D eigenvalue weighted by Crippen LogP contribution is 2.33. The van der Waals surface area contributed by atoms with Crippen molar-refractivity contribution in [2.24, 2.45) is 10.9 Å². The van der Waals surface area contributed by atoms with Crippen LogP contribution in [-0.2, 0) is 4.79 Å². The number of carbonyl (C=O) groups is 1. The Morgan fingerprint density at radius 2 is 2.29 bits per heavy atom. The van der Waals surface area contributed by atoms with E-state index in [2.05, 4.69) is 5.16 Å². The first-order valence-electron chi connectivity index (χ1n) is 5.10. The molecule has 1 aliphatic rings. The smallest absolute Gasteiger partial charge is 0.267 e. The van der Waals surface area contributed by atoms with Crippen LogP contribution in [0.3, 0.4) is 0 Å². The third-order valence-electron chi connectivity index (χ3n) is 2.71. The predicted octanol–water partition coefficient (Wildman–Crippen LogP) is 0.525. The van der Waals surface area contributed by atoms with Gasteiger partial charge in [0.1, 0.15) is 5.75 Å². The first-order valence-corrected chi connectivity index (χ1v) is 5.10. The van der Waals surface area contributed by atoms with Gasteiger partial charge in [0, 0.05) is 12.6 Å². The Morgan fingerprint density at radius 3 is 2.94 bits per heavy atom. The Bertz CT molecular complexity index is 499. The average Bonchev–Trinajstić information content (AvgIpc) is 2.35. The normalized spacial score (nSPS) is 19.9. The molecular formula is C11H13N3O3. The lowest BCUT2D eigenvalue weighted by Crippen LogP contribution is -2.42. The predicted molar refractivity (Wildman–Crippen MR) is 62.5 cm³/mol. The van der Waals surface area contributed by atoms with Gasteiger partial charge in [0.15, 0.2) is 11.9 Å². The highest BCUT2D eigenvalue weighted by Gasteiger charge is 2.29. The van der Waals surface area contributed by atoms with E-state index in [-0.39, 0.29) is 11.7 Å². The van der Waals surface area contributed by atoms with E-state index in [0.717, 1.165) is 0 Å². The van der Waals surface area contributed by atoms with Gasteiger partial charge in [-0.15, -0.1) is 0 Å². The van der Waals surface area contributed by atoms with Crippen molar-refractivity contribution < 1.29 is 14.7 Å². The van der Waals surface area contributed by atoms with E-state index in [1.165, 1.54) is 4.90 Å². The molecule has 17 heavy (non-hydrogen) atoms.